The van der Waals surface area contributed by atoms with Gasteiger partial charge in [0.2, 0.25) is 0 Å². The average molecular weight is 521 g/mol. The van der Waals surface area contributed by atoms with Gasteiger partial charge in [0.15, 0.2) is 5.69 Å². The van der Waals surface area contributed by atoms with Crippen molar-refractivity contribution < 1.29 is 22.7 Å². The molecule has 4 rings (SSSR count). The Labute approximate surface area is 210 Å². The molecule has 0 bridgehead atoms. The molecule has 8 nitrogen and oxygen atoms in total. The summed E-state index contributed by atoms with van der Waals surface area (Å²) < 4.78 is 47.2. The van der Waals surface area contributed by atoms with Crippen LogP contribution < -0.4 is 16.0 Å². The Morgan fingerprint density at radius 2 is 1.94 bits per heavy atom. The molecule has 0 saturated carbocycles. The maximum Gasteiger partial charge on any atom is 0.434 e. The topological polar surface area (TPSA) is 101 Å². The highest BCUT2D eigenvalue weighted by atomic mass is 32.1. The Bertz CT molecular complexity index is 1210. The zero-order valence-corrected chi connectivity index (χ0v) is 20.7. The van der Waals surface area contributed by atoms with Crippen molar-refractivity contribution >= 4 is 23.2 Å². The van der Waals surface area contributed by atoms with Gasteiger partial charge in [0.05, 0.1) is 4.88 Å². The Kier molecular flexibility index (Phi) is 8.17. The molecule has 3 aromatic rings. The van der Waals surface area contributed by atoms with Gasteiger partial charge in [-0.2, -0.15) is 13.2 Å². The minimum absolute atomic E-state index is 0.0492. The summed E-state index contributed by atoms with van der Waals surface area (Å²) in [4.78, 5) is 24.7. The van der Waals surface area contributed by atoms with Gasteiger partial charge in [-0.05, 0) is 44.4 Å². The van der Waals surface area contributed by atoms with Crippen molar-refractivity contribution in [1.82, 2.24) is 25.6 Å². The van der Waals surface area contributed by atoms with Crippen molar-refractivity contribution in [1.29, 1.82) is 0 Å². The minimum atomic E-state index is -4.61. The number of alkyl halides is 3. The van der Waals surface area contributed by atoms with Gasteiger partial charge in [0.25, 0.3) is 0 Å². The van der Waals surface area contributed by atoms with Crippen LogP contribution in [0.4, 0.5) is 23.8 Å². The van der Waals surface area contributed by atoms with Crippen LogP contribution in [0.25, 0.3) is 21.7 Å². The van der Waals surface area contributed by atoms with Gasteiger partial charge in [-0.3, -0.25) is 10.3 Å². The highest BCUT2D eigenvalue weighted by Crippen LogP contribution is 2.41. The van der Waals surface area contributed by atoms with Gasteiger partial charge in [0.1, 0.15) is 10.8 Å². The number of halogens is 3. The summed E-state index contributed by atoms with van der Waals surface area (Å²) in [6.45, 7) is 5.29. The first kappa shape index (κ1) is 26.0. The number of carbonyl (C=O) groups excluding carboxylic acids is 1. The molecule has 0 unspecified atom stereocenters. The second-order valence-electron chi connectivity index (χ2n) is 8.41. The molecule has 4 heterocycles. The maximum atomic E-state index is 14.0. The monoisotopic (exact) mass is 520 g/mol. The van der Waals surface area contributed by atoms with E-state index < -0.39 is 17.9 Å². The van der Waals surface area contributed by atoms with Crippen LogP contribution in [0.1, 0.15) is 35.9 Å². The summed E-state index contributed by atoms with van der Waals surface area (Å²) >= 11 is 0.978. The fraction of sp³-hybridized carbons (Fsp3) is 0.417. The van der Waals surface area contributed by atoms with Crippen LogP contribution in [0.5, 0.6) is 0 Å². The predicted octanol–water partition coefficient (Wildman–Crippen LogP) is 5.00. The predicted molar refractivity (Wildman–Crippen MR) is 132 cm³/mol. The molecule has 0 aromatic carbocycles. The lowest BCUT2D eigenvalue weighted by atomic mass is 10.0. The minimum Gasteiger partial charge on any atom is -0.381 e. The molecule has 12 heteroatoms. The van der Waals surface area contributed by atoms with E-state index in [0.717, 1.165) is 29.7 Å². The van der Waals surface area contributed by atoms with E-state index in [4.69, 9.17) is 4.74 Å². The molecule has 1 fully saturated rings. The van der Waals surface area contributed by atoms with E-state index in [-0.39, 0.29) is 28.3 Å². The number of pyridine rings is 2. The van der Waals surface area contributed by atoms with Crippen LogP contribution in [0, 0.1) is 6.92 Å². The van der Waals surface area contributed by atoms with E-state index in [2.05, 4.69) is 30.9 Å². The summed E-state index contributed by atoms with van der Waals surface area (Å²) in [5.74, 6) is 0.200. The number of hydrogen-bond donors (Lipinski definition) is 3. The molecule has 0 aliphatic carbocycles. The fourth-order valence-corrected chi connectivity index (χ4v) is 4.96. The van der Waals surface area contributed by atoms with Gasteiger partial charge < -0.3 is 15.4 Å². The first-order valence-corrected chi connectivity index (χ1v) is 12.4. The van der Waals surface area contributed by atoms with E-state index in [0.29, 0.717) is 36.4 Å². The van der Waals surface area contributed by atoms with Crippen molar-refractivity contribution in [3.8, 4) is 21.7 Å². The molecule has 0 spiro atoms. The van der Waals surface area contributed by atoms with Gasteiger partial charge in [0, 0.05) is 67.6 Å². The van der Waals surface area contributed by atoms with E-state index in [1.807, 2.05) is 13.0 Å². The number of thiazole rings is 1. The van der Waals surface area contributed by atoms with Crippen molar-refractivity contribution in [2.75, 3.05) is 25.1 Å². The largest absolute Gasteiger partial charge is 0.434 e. The van der Waals surface area contributed by atoms with Crippen LogP contribution in [0.2, 0.25) is 0 Å². The standard InChI is InChI=1S/C24H27F3N6O2S/c1-3-29-23(34)32-20-9-17(18(12-31-20)15-8-14(2)10-28-11-15)22-33-21(24(25,26)27)19(36-22)13-30-16-4-6-35-7-5-16/h8-12,16,30H,3-7,13H2,1-2H3,(H2,29,31,32,34). The molecule has 1 aliphatic rings. The van der Waals surface area contributed by atoms with Gasteiger partial charge in [-0.25, -0.2) is 14.8 Å². The van der Waals surface area contributed by atoms with Gasteiger partial charge >= 0.3 is 12.2 Å². The average Bonchev–Trinajstić information content (AvgIpc) is 3.28. The van der Waals surface area contributed by atoms with Crippen molar-refractivity contribution in [2.45, 2.75) is 45.5 Å². The highest BCUT2D eigenvalue weighted by molar-refractivity contribution is 7.15. The Morgan fingerprint density at radius 3 is 2.64 bits per heavy atom. The summed E-state index contributed by atoms with van der Waals surface area (Å²) in [5, 5.41) is 8.63. The van der Waals surface area contributed by atoms with E-state index in [1.165, 1.54) is 6.20 Å². The van der Waals surface area contributed by atoms with Crippen molar-refractivity contribution in [2.24, 2.45) is 0 Å². The molecular formula is C24H27F3N6O2S. The second-order valence-corrected chi connectivity index (χ2v) is 9.49. The molecule has 1 aliphatic heterocycles. The molecule has 3 aromatic heterocycles. The number of aryl methyl sites for hydroxylation is 1. The summed E-state index contributed by atoms with van der Waals surface area (Å²) in [5.41, 5.74) is 1.66. The molecular weight excluding hydrogens is 493 g/mol. The Hall–Kier alpha value is -3.09. The van der Waals surface area contributed by atoms with E-state index in [9.17, 15) is 18.0 Å². The maximum absolute atomic E-state index is 14.0. The van der Waals surface area contributed by atoms with Crippen LogP contribution in [0.15, 0.2) is 30.7 Å². The summed E-state index contributed by atoms with van der Waals surface area (Å²) in [7, 11) is 0. The normalized spacial score (nSPS) is 14.6. The zero-order chi connectivity index (χ0) is 25.7. The second kappa shape index (κ2) is 11.3. The quantitative estimate of drug-likeness (QED) is 0.405. The highest BCUT2D eigenvalue weighted by Gasteiger charge is 2.38. The van der Waals surface area contributed by atoms with Crippen LogP contribution in [-0.4, -0.2) is 46.8 Å². The first-order valence-electron chi connectivity index (χ1n) is 11.6. The third-order valence-corrected chi connectivity index (χ3v) is 6.73. The molecule has 0 radical (unpaired) electrons. The number of carbonyl (C=O) groups is 1. The number of rotatable bonds is 7. The smallest absolute Gasteiger partial charge is 0.381 e. The number of aromatic nitrogens is 3. The molecule has 2 amide bonds. The van der Waals surface area contributed by atoms with E-state index >= 15 is 0 Å². The Morgan fingerprint density at radius 1 is 1.17 bits per heavy atom. The molecule has 192 valence electrons. The third-order valence-electron chi connectivity index (χ3n) is 5.64. The van der Waals surface area contributed by atoms with Crippen LogP contribution in [0.3, 0.4) is 0 Å². The molecule has 36 heavy (non-hydrogen) atoms. The lowest BCUT2D eigenvalue weighted by Gasteiger charge is -2.23. The number of urea groups is 1. The first-order chi connectivity index (χ1) is 17.2. The third kappa shape index (κ3) is 6.37. The van der Waals surface area contributed by atoms with Gasteiger partial charge in [-0.1, -0.05) is 0 Å². The number of hydrogen-bond acceptors (Lipinski definition) is 7. The fourth-order valence-electron chi connectivity index (χ4n) is 3.90. The molecule has 0 atom stereocenters. The molecule has 3 N–H and O–H groups in total. The van der Waals surface area contributed by atoms with Crippen molar-refractivity contribution in [3.05, 3.63) is 46.9 Å². The van der Waals surface area contributed by atoms with Crippen LogP contribution in [-0.2, 0) is 17.5 Å². The van der Waals surface area contributed by atoms with Crippen LogP contribution >= 0.6 is 11.3 Å². The Balaban J connectivity index is 1.75. The molecule has 1 saturated heterocycles. The zero-order valence-electron chi connectivity index (χ0n) is 19.9. The number of nitrogens with zero attached hydrogens (tertiary/aromatic N) is 3. The number of anilines is 1. The summed E-state index contributed by atoms with van der Waals surface area (Å²) in [6, 6.07) is 3.04. The number of amides is 2. The van der Waals surface area contributed by atoms with Gasteiger partial charge in [-0.15, -0.1) is 11.3 Å². The summed E-state index contributed by atoms with van der Waals surface area (Å²) in [6.07, 6.45) is 1.71. The van der Waals surface area contributed by atoms with E-state index in [1.54, 1.807) is 25.4 Å². The van der Waals surface area contributed by atoms with Crippen molar-refractivity contribution in [3.63, 3.8) is 0 Å². The lowest BCUT2D eigenvalue weighted by molar-refractivity contribution is -0.141. The lowest BCUT2D eigenvalue weighted by Crippen LogP contribution is -2.34. The number of nitrogens with one attached hydrogen (secondary N) is 3. The SMILES string of the molecule is CCNC(=O)Nc1cc(-c2nc(C(F)(F)F)c(CNC3CCOCC3)s2)c(-c2cncc(C)c2)cn1. The number of ether oxygens (including phenoxy) is 1.